The molecule has 8 heteroatoms. The zero-order chi connectivity index (χ0) is 18.4. The minimum atomic E-state index is 0. The van der Waals surface area contributed by atoms with Crippen LogP contribution < -0.4 is 5.32 Å². The Morgan fingerprint density at radius 3 is 2.85 bits per heavy atom. The second-order valence-corrected chi connectivity index (χ2v) is 7.93. The number of morpholine rings is 1. The topological polar surface area (TPSA) is 54.7 Å². The fourth-order valence-electron chi connectivity index (χ4n) is 2.99. The molecular weight excluding hydrogens is 473 g/mol. The van der Waals surface area contributed by atoms with Crippen LogP contribution in [0.4, 0.5) is 0 Å². The van der Waals surface area contributed by atoms with Crippen molar-refractivity contribution in [3.63, 3.8) is 0 Å². The van der Waals surface area contributed by atoms with E-state index in [-0.39, 0.29) is 30.1 Å². The zero-order valence-corrected chi connectivity index (χ0v) is 19.2. The van der Waals surface area contributed by atoms with Gasteiger partial charge in [0.15, 0.2) is 5.96 Å². The van der Waals surface area contributed by atoms with Gasteiger partial charge >= 0.3 is 0 Å². The molecule has 0 bridgehead atoms. The molecule has 1 aromatic heterocycles. The molecular formula is C19H28IN5OS. The molecule has 148 valence electrons. The van der Waals surface area contributed by atoms with E-state index in [0.29, 0.717) is 11.9 Å². The molecule has 3 rings (SSSR count). The number of aromatic nitrogens is 2. The van der Waals surface area contributed by atoms with E-state index < -0.39 is 0 Å². The summed E-state index contributed by atoms with van der Waals surface area (Å²) in [6.45, 7) is 5.41. The monoisotopic (exact) mass is 501 g/mol. The molecule has 27 heavy (non-hydrogen) atoms. The number of aryl methyl sites for hydroxylation is 1. The summed E-state index contributed by atoms with van der Waals surface area (Å²) >= 11 is 1.87. The fourth-order valence-corrected chi connectivity index (χ4v) is 3.94. The molecule has 1 N–H and O–H groups in total. The van der Waals surface area contributed by atoms with Crippen molar-refractivity contribution >= 4 is 41.7 Å². The van der Waals surface area contributed by atoms with Crippen LogP contribution in [-0.4, -0.2) is 59.2 Å². The smallest absolute Gasteiger partial charge is 0.193 e. The van der Waals surface area contributed by atoms with Crippen molar-refractivity contribution in [1.82, 2.24) is 20.0 Å². The Morgan fingerprint density at radius 2 is 2.19 bits per heavy atom. The molecule has 2 aromatic rings. The number of hydrogen-bond donors (Lipinski definition) is 1. The Labute approximate surface area is 182 Å². The van der Waals surface area contributed by atoms with Crippen LogP contribution >= 0.6 is 35.7 Å². The van der Waals surface area contributed by atoms with E-state index in [1.165, 1.54) is 4.90 Å². The number of ether oxygens (including phenoxy) is 1. The number of guanidine groups is 1. The van der Waals surface area contributed by atoms with E-state index in [1.807, 2.05) is 49.0 Å². The maximum absolute atomic E-state index is 5.92. The summed E-state index contributed by atoms with van der Waals surface area (Å²) in [6.07, 6.45) is 3.93. The van der Waals surface area contributed by atoms with Gasteiger partial charge in [0.05, 0.1) is 19.3 Å². The molecule has 1 aliphatic rings. The molecule has 1 aromatic carbocycles. The summed E-state index contributed by atoms with van der Waals surface area (Å²) in [7, 11) is 3.77. The van der Waals surface area contributed by atoms with E-state index in [2.05, 4.69) is 51.5 Å². The first kappa shape index (κ1) is 22.0. The van der Waals surface area contributed by atoms with Crippen LogP contribution in [0.5, 0.6) is 0 Å². The minimum Gasteiger partial charge on any atom is -0.370 e. The number of rotatable bonds is 5. The van der Waals surface area contributed by atoms with Crippen LogP contribution in [0.25, 0.3) is 0 Å². The van der Waals surface area contributed by atoms with Gasteiger partial charge in [-0.3, -0.25) is 9.67 Å². The first-order valence-corrected chi connectivity index (χ1v) is 9.81. The van der Waals surface area contributed by atoms with Gasteiger partial charge in [-0.1, -0.05) is 25.1 Å². The average molecular weight is 501 g/mol. The molecule has 2 atom stereocenters. The Kier molecular flexibility index (Phi) is 8.91. The highest BCUT2D eigenvalue weighted by molar-refractivity contribution is 14.0. The highest BCUT2D eigenvalue weighted by Crippen LogP contribution is 2.23. The lowest BCUT2D eigenvalue weighted by Crippen LogP contribution is -2.49. The molecule has 2 heterocycles. The summed E-state index contributed by atoms with van der Waals surface area (Å²) in [5.41, 5.74) is 1.11. The zero-order valence-electron chi connectivity index (χ0n) is 16.0. The predicted molar refractivity (Wildman–Crippen MR) is 122 cm³/mol. The van der Waals surface area contributed by atoms with Crippen molar-refractivity contribution in [3.8, 4) is 0 Å². The van der Waals surface area contributed by atoms with Crippen LogP contribution in [0.3, 0.4) is 0 Å². The highest BCUT2D eigenvalue weighted by Gasteiger charge is 2.25. The fraction of sp³-hybridized carbons (Fsp3) is 0.474. The second kappa shape index (κ2) is 10.9. The van der Waals surface area contributed by atoms with Gasteiger partial charge < -0.3 is 15.0 Å². The molecule has 0 spiro atoms. The molecule has 0 saturated carbocycles. The Morgan fingerprint density at radius 1 is 1.41 bits per heavy atom. The number of halogens is 1. The number of aliphatic imine (C=N–C) groups is 1. The summed E-state index contributed by atoms with van der Waals surface area (Å²) in [5.74, 6) is 0.933. The van der Waals surface area contributed by atoms with Gasteiger partial charge in [0, 0.05) is 49.1 Å². The lowest BCUT2D eigenvalue weighted by molar-refractivity contribution is -0.00800. The van der Waals surface area contributed by atoms with Gasteiger partial charge in [-0.05, 0) is 12.1 Å². The third-order valence-corrected chi connectivity index (χ3v) is 5.42. The minimum absolute atomic E-state index is 0. The van der Waals surface area contributed by atoms with Crippen molar-refractivity contribution < 1.29 is 4.74 Å². The van der Waals surface area contributed by atoms with Crippen LogP contribution in [0.1, 0.15) is 18.6 Å². The third-order valence-electron chi connectivity index (χ3n) is 4.30. The van der Waals surface area contributed by atoms with Crippen molar-refractivity contribution in [2.75, 3.05) is 33.3 Å². The molecule has 1 aliphatic heterocycles. The largest absolute Gasteiger partial charge is 0.370 e. The standard InChI is InChI=1S/C19H27N5OS.HI/c1-15(26-17-7-5-4-6-8-17)11-21-19(20-2)24-9-10-25-18(14-24)16-12-22-23(3)13-16;/h4-8,12-13,15,18H,9-11,14H2,1-3H3,(H,20,21);1H. The molecule has 1 fully saturated rings. The Bertz CT molecular complexity index is 724. The molecule has 0 amide bonds. The summed E-state index contributed by atoms with van der Waals surface area (Å²) in [5, 5.41) is 8.21. The summed E-state index contributed by atoms with van der Waals surface area (Å²) < 4.78 is 7.74. The predicted octanol–water partition coefficient (Wildman–Crippen LogP) is 3.17. The second-order valence-electron chi connectivity index (χ2n) is 6.42. The molecule has 1 saturated heterocycles. The van der Waals surface area contributed by atoms with Crippen LogP contribution in [0, 0.1) is 0 Å². The van der Waals surface area contributed by atoms with Gasteiger partial charge in [0.25, 0.3) is 0 Å². The number of benzene rings is 1. The quantitative estimate of drug-likeness (QED) is 0.295. The van der Waals surface area contributed by atoms with E-state index in [4.69, 9.17) is 4.74 Å². The number of nitrogens with one attached hydrogen (secondary N) is 1. The van der Waals surface area contributed by atoms with E-state index in [0.717, 1.165) is 31.2 Å². The van der Waals surface area contributed by atoms with Gasteiger partial charge in [-0.2, -0.15) is 5.10 Å². The van der Waals surface area contributed by atoms with Crippen LogP contribution in [0.15, 0.2) is 52.6 Å². The number of thioether (sulfide) groups is 1. The SMILES string of the molecule is CN=C(NCC(C)Sc1ccccc1)N1CCOC(c2cnn(C)c2)C1.I. The maximum atomic E-state index is 5.92. The Hall–Kier alpha value is -1.26. The van der Waals surface area contributed by atoms with Crippen molar-refractivity contribution in [1.29, 1.82) is 0 Å². The normalized spacial score (nSPS) is 18.7. The number of hydrogen-bond acceptors (Lipinski definition) is 4. The molecule has 0 radical (unpaired) electrons. The molecule has 2 unspecified atom stereocenters. The van der Waals surface area contributed by atoms with E-state index in [1.54, 1.807) is 0 Å². The van der Waals surface area contributed by atoms with Crippen LogP contribution in [-0.2, 0) is 11.8 Å². The van der Waals surface area contributed by atoms with Gasteiger partial charge in [-0.15, -0.1) is 35.7 Å². The van der Waals surface area contributed by atoms with E-state index >= 15 is 0 Å². The Balaban J connectivity index is 0.00000261. The third kappa shape index (κ3) is 6.39. The van der Waals surface area contributed by atoms with Gasteiger partial charge in [-0.25, -0.2) is 0 Å². The van der Waals surface area contributed by atoms with Crippen LogP contribution in [0.2, 0.25) is 0 Å². The van der Waals surface area contributed by atoms with E-state index in [9.17, 15) is 0 Å². The van der Waals surface area contributed by atoms with Gasteiger partial charge in [0.2, 0.25) is 0 Å². The average Bonchev–Trinajstić information content (AvgIpc) is 3.10. The first-order valence-electron chi connectivity index (χ1n) is 8.93. The maximum Gasteiger partial charge on any atom is 0.193 e. The van der Waals surface area contributed by atoms with Gasteiger partial charge in [0.1, 0.15) is 6.10 Å². The van der Waals surface area contributed by atoms with Crippen molar-refractivity contribution in [2.45, 2.75) is 23.2 Å². The number of nitrogens with zero attached hydrogens (tertiary/aromatic N) is 4. The summed E-state index contributed by atoms with van der Waals surface area (Å²) in [4.78, 5) is 8.03. The lowest BCUT2D eigenvalue weighted by Gasteiger charge is -2.35. The lowest BCUT2D eigenvalue weighted by atomic mass is 10.1. The first-order chi connectivity index (χ1) is 12.7. The molecule has 0 aliphatic carbocycles. The van der Waals surface area contributed by atoms with Crippen molar-refractivity contribution in [3.05, 3.63) is 48.3 Å². The summed E-state index contributed by atoms with van der Waals surface area (Å²) in [6, 6.07) is 10.5. The molecule has 6 nitrogen and oxygen atoms in total. The highest BCUT2D eigenvalue weighted by atomic mass is 127. The van der Waals surface area contributed by atoms with Crippen molar-refractivity contribution in [2.24, 2.45) is 12.0 Å².